The number of nitrogens with two attached hydrogens (primary N) is 2. The first-order valence-electron chi connectivity index (χ1n) is 6.37. The van der Waals surface area contributed by atoms with Crippen molar-refractivity contribution in [2.75, 3.05) is 12.4 Å². The van der Waals surface area contributed by atoms with Crippen LogP contribution in [0.1, 0.15) is 10.5 Å². The third-order valence-corrected chi connectivity index (χ3v) is 4.44. The van der Waals surface area contributed by atoms with Crippen LogP contribution in [-0.4, -0.2) is 28.9 Å². The van der Waals surface area contributed by atoms with Gasteiger partial charge >= 0.3 is 0 Å². The number of anilines is 1. The fourth-order valence-corrected chi connectivity index (χ4v) is 3.40. The number of amides is 1. The Morgan fingerprint density at radius 3 is 2.83 bits per heavy atom. The van der Waals surface area contributed by atoms with Gasteiger partial charge in [0.2, 0.25) is 5.13 Å². The van der Waals surface area contributed by atoms with Crippen LogP contribution in [-0.2, 0) is 0 Å². The molecule has 0 radical (unpaired) electrons. The number of methoxy groups -OCH3 is 1. The van der Waals surface area contributed by atoms with Crippen LogP contribution in [0.25, 0.3) is 10.2 Å². The number of guanidine groups is 1. The first-order valence-corrected chi connectivity index (χ1v) is 8.06. The Balaban J connectivity index is 0.00000208. The zero-order valence-corrected chi connectivity index (χ0v) is 14.8. The monoisotopic (exact) mass is 384 g/mol. The standard InChI is InChI=1S/C13H12N6O2S2.ClH/c1-21-7-3-2-4-8-9(7)17-13(23-8)18-10(20)6-5-22-12(16-6)19-11(14)15;/h2-5H,1H3,(H,17,18,20)(H4,14,15,16,19);1H. The molecule has 1 aromatic carbocycles. The van der Waals surface area contributed by atoms with Crippen molar-refractivity contribution in [3.63, 3.8) is 0 Å². The summed E-state index contributed by atoms with van der Waals surface area (Å²) in [5, 5.41) is 5.07. The van der Waals surface area contributed by atoms with E-state index in [1.165, 1.54) is 22.7 Å². The zero-order valence-electron chi connectivity index (χ0n) is 12.3. The molecule has 2 aromatic heterocycles. The maximum Gasteiger partial charge on any atom is 0.276 e. The number of fused-ring (bicyclic) bond motifs is 1. The number of carbonyl (C=O) groups excluding carboxylic acids is 1. The Morgan fingerprint density at radius 1 is 1.33 bits per heavy atom. The highest BCUT2D eigenvalue weighted by Gasteiger charge is 2.14. The number of para-hydroxylation sites is 1. The van der Waals surface area contributed by atoms with Gasteiger partial charge in [0.25, 0.3) is 5.91 Å². The van der Waals surface area contributed by atoms with Crippen molar-refractivity contribution in [3.05, 3.63) is 29.3 Å². The molecule has 0 aliphatic rings. The lowest BCUT2D eigenvalue weighted by molar-refractivity contribution is 0.102. The average Bonchev–Trinajstić information content (AvgIpc) is 3.12. The summed E-state index contributed by atoms with van der Waals surface area (Å²) in [6.07, 6.45) is 0. The van der Waals surface area contributed by atoms with Crippen molar-refractivity contribution in [1.82, 2.24) is 9.97 Å². The molecule has 126 valence electrons. The van der Waals surface area contributed by atoms with Gasteiger partial charge < -0.3 is 16.2 Å². The second-order valence-electron chi connectivity index (χ2n) is 4.33. The maximum atomic E-state index is 12.2. The number of halogens is 1. The Kier molecular flexibility index (Phi) is 5.54. The molecular formula is C13H13ClN6O2S2. The van der Waals surface area contributed by atoms with E-state index in [1.807, 2.05) is 18.2 Å². The molecule has 11 heteroatoms. The highest BCUT2D eigenvalue weighted by molar-refractivity contribution is 7.22. The van der Waals surface area contributed by atoms with Gasteiger partial charge in [0, 0.05) is 5.38 Å². The maximum absolute atomic E-state index is 12.2. The van der Waals surface area contributed by atoms with Crippen molar-refractivity contribution in [3.8, 4) is 5.75 Å². The molecule has 2 heterocycles. The second-order valence-corrected chi connectivity index (χ2v) is 6.20. The minimum atomic E-state index is -0.378. The van der Waals surface area contributed by atoms with Crippen LogP contribution in [0.3, 0.4) is 0 Å². The highest BCUT2D eigenvalue weighted by Crippen LogP contribution is 2.32. The summed E-state index contributed by atoms with van der Waals surface area (Å²) in [6, 6.07) is 5.59. The Morgan fingerprint density at radius 2 is 2.12 bits per heavy atom. The van der Waals surface area contributed by atoms with Crippen molar-refractivity contribution in [2.45, 2.75) is 0 Å². The number of hydrogen-bond donors (Lipinski definition) is 3. The number of aromatic nitrogens is 2. The molecule has 0 atom stereocenters. The number of rotatable bonds is 4. The molecule has 0 saturated carbocycles. The van der Waals surface area contributed by atoms with E-state index >= 15 is 0 Å². The summed E-state index contributed by atoms with van der Waals surface area (Å²) in [5.41, 5.74) is 11.5. The van der Waals surface area contributed by atoms with Crippen molar-refractivity contribution >= 4 is 67.4 Å². The average molecular weight is 385 g/mol. The molecule has 1 amide bonds. The van der Waals surface area contributed by atoms with Crippen molar-refractivity contribution < 1.29 is 9.53 Å². The lowest BCUT2D eigenvalue weighted by atomic mass is 10.3. The summed E-state index contributed by atoms with van der Waals surface area (Å²) in [5.74, 6) is 0.170. The van der Waals surface area contributed by atoms with Crippen LogP contribution in [0.5, 0.6) is 5.75 Å². The zero-order chi connectivity index (χ0) is 16.4. The number of benzene rings is 1. The smallest absolute Gasteiger partial charge is 0.276 e. The number of hydrogen-bond acceptors (Lipinski definition) is 7. The Bertz CT molecular complexity index is 903. The number of thiazole rings is 2. The van der Waals surface area contributed by atoms with Crippen LogP contribution < -0.4 is 21.5 Å². The molecule has 0 bridgehead atoms. The first-order chi connectivity index (χ1) is 11.1. The summed E-state index contributed by atoms with van der Waals surface area (Å²) >= 11 is 2.52. The van der Waals surface area contributed by atoms with E-state index in [0.29, 0.717) is 21.5 Å². The highest BCUT2D eigenvalue weighted by atomic mass is 35.5. The molecule has 0 aliphatic carbocycles. The minimum absolute atomic E-state index is 0. The van der Waals surface area contributed by atoms with Crippen LogP contribution in [0.4, 0.5) is 10.3 Å². The van der Waals surface area contributed by atoms with Gasteiger partial charge in [-0.05, 0) is 12.1 Å². The van der Waals surface area contributed by atoms with Crippen LogP contribution in [0, 0.1) is 0 Å². The largest absolute Gasteiger partial charge is 0.494 e. The van der Waals surface area contributed by atoms with E-state index in [-0.39, 0.29) is 30.0 Å². The molecule has 0 saturated heterocycles. The van der Waals surface area contributed by atoms with Gasteiger partial charge in [-0.25, -0.2) is 9.97 Å². The molecule has 0 unspecified atom stereocenters. The second kappa shape index (κ2) is 7.43. The molecule has 3 rings (SSSR count). The predicted octanol–water partition coefficient (Wildman–Crippen LogP) is 2.34. The van der Waals surface area contributed by atoms with Gasteiger partial charge in [-0.1, -0.05) is 17.4 Å². The molecule has 8 nitrogen and oxygen atoms in total. The Hall–Kier alpha value is -2.43. The van der Waals surface area contributed by atoms with Gasteiger partial charge in [-0.3, -0.25) is 10.1 Å². The number of nitrogens with zero attached hydrogens (tertiary/aromatic N) is 3. The van der Waals surface area contributed by atoms with Crippen molar-refractivity contribution in [1.29, 1.82) is 0 Å². The fraction of sp³-hybridized carbons (Fsp3) is 0.0769. The van der Waals surface area contributed by atoms with Gasteiger partial charge in [0.05, 0.1) is 11.8 Å². The van der Waals surface area contributed by atoms with E-state index in [1.54, 1.807) is 12.5 Å². The SMILES string of the molecule is COc1cccc2sc(NC(=O)c3csc(N=C(N)N)n3)nc12.Cl. The van der Waals surface area contributed by atoms with E-state index in [0.717, 1.165) is 4.70 Å². The van der Waals surface area contributed by atoms with Crippen LogP contribution >= 0.6 is 35.1 Å². The molecule has 0 spiro atoms. The molecule has 5 N–H and O–H groups in total. The minimum Gasteiger partial charge on any atom is -0.494 e. The molecule has 0 fully saturated rings. The lowest BCUT2D eigenvalue weighted by Crippen LogP contribution is -2.21. The topological polar surface area (TPSA) is 129 Å². The van der Waals surface area contributed by atoms with Gasteiger partial charge in [-0.2, -0.15) is 4.99 Å². The van der Waals surface area contributed by atoms with Crippen LogP contribution in [0.15, 0.2) is 28.6 Å². The third kappa shape index (κ3) is 3.72. The van der Waals surface area contributed by atoms with Gasteiger partial charge in [-0.15, -0.1) is 23.7 Å². The summed E-state index contributed by atoms with van der Waals surface area (Å²) < 4.78 is 6.17. The third-order valence-electron chi connectivity index (χ3n) is 2.77. The van der Waals surface area contributed by atoms with Crippen LogP contribution in [0.2, 0.25) is 0 Å². The number of nitrogens with one attached hydrogen (secondary N) is 1. The van der Waals surface area contributed by atoms with Crippen molar-refractivity contribution in [2.24, 2.45) is 16.5 Å². The van der Waals surface area contributed by atoms with Gasteiger partial charge in [0.15, 0.2) is 11.1 Å². The lowest BCUT2D eigenvalue weighted by Gasteiger charge is -1.98. The Labute approximate surface area is 151 Å². The summed E-state index contributed by atoms with van der Waals surface area (Å²) in [4.78, 5) is 24.4. The number of ether oxygens (including phenoxy) is 1. The number of carbonyl (C=O) groups is 1. The predicted molar refractivity (Wildman–Crippen MR) is 99.0 cm³/mol. The van der Waals surface area contributed by atoms with E-state index in [4.69, 9.17) is 16.2 Å². The molecule has 3 aromatic rings. The first kappa shape index (κ1) is 17.9. The van der Waals surface area contributed by atoms with E-state index in [9.17, 15) is 4.79 Å². The number of aliphatic imine (C=N–C) groups is 1. The van der Waals surface area contributed by atoms with Gasteiger partial charge in [0.1, 0.15) is 17.0 Å². The fourth-order valence-electron chi connectivity index (χ4n) is 1.83. The quantitative estimate of drug-likeness (QED) is 0.467. The molecular weight excluding hydrogens is 372 g/mol. The normalized spacial score (nSPS) is 10.0. The van der Waals surface area contributed by atoms with E-state index in [2.05, 4.69) is 20.3 Å². The molecule has 0 aliphatic heterocycles. The summed E-state index contributed by atoms with van der Waals surface area (Å²) in [6.45, 7) is 0. The molecule has 24 heavy (non-hydrogen) atoms. The van der Waals surface area contributed by atoms with E-state index < -0.39 is 0 Å². The summed E-state index contributed by atoms with van der Waals surface area (Å²) in [7, 11) is 1.58.